The summed E-state index contributed by atoms with van der Waals surface area (Å²) in [5.74, 6) is 0.912. The molecule has 2 fully saturated rings. The van der Waals surface area contributed by atoms with Crippen LogP contribution in [0.2, 0.25) is 0 Å². The van der Waals surface area contributed by atoms with Gasteiger partial charge in [-0.15, -0.1) is 0 Å². The van der Waals surface area contributed by atoms with Crippen LogP contribution in [0.5, 0.6) is 0 Å². The van der Waals surface area contributed by atoms with Crippen LogP contribution in [0.3, 0.4) is 0 Å². The quantitative estimate of drug-likeness (QED) is 0.736. The van der Waals surface area contributed by atoms with Gasteiger partial charge >= 0.3 is 0 Å². The Hall–Kier alpha value is -0.0800. The zero-order valence-electron chi connectivity index (χ0n) is 11.4. The summed E-state index contributed by atoms with van der Waals surface area (Å²) in [4.78, 5) is 2.54. The molecule has 1 N–H and O–H groups in total. The fourth-order valence-corrected chi connectivity index (χ4v) is 3.54. The van der Waals surface area contributed by atoms with Crippen LogP contribution in [0.4, 0.5) is 0 Å². The molecular weight excluding hydrogens is 196 g/mol. The largest absolute Gasteiger partial charge is 0.310 e. The molecule has 0 aromatic carbocycles. The molecule has 16 heavy (non-hydrogen) atoms. The van der Waals surface area contributed by atoms with Gasteiger partial charge < -0.3 is 10.2 Å². The Morgan fingerprint density at radius 2 is 1.94 bits per heavy atom. The molecule has 1 aliphatic heterocycles. The average Bonchev–Trinajstić information content (AvgIpc) is 2.44. The van der Waals surface area contributed by atoms with Gasteiger partial charge in [-0.05, 0) is 37.6 Å². The third kappa shape index (κ3) is 3.21. The van der Waals surface area contributed by atoms with Gasteiger partial charge in [-0.1, -0.05) is 27.2 Å². The lowest BCUT2D eigenvalue weighted by Gasteiger charge is -2.29. The molecule has 94 valence electrons. The number of hydrogen-bond donors (Lipinski definition) is 1. The molecule has 2 heteroatoms. The van der Waals surface area contributed by atoms with Gasteiger partial charge in [-0.2, -0.15) is 0 Å². The Labute approximate surface area is 101 Å². The molecule has 0 aromatic rings. The Balaban J connectivity index is 1.98. The Kier molecular flexibility index (Phi) is 3.60. The second-order valence-electron chi connectivity index (χ2n) is 7.15. The molecule has 0 spiro atoms. The highest BCUT2D eigenvalue weighted by Gasteiger charge is 2.34. The van der Waals surface area contributed by atoms with E-state index in [0.29, 0.717) is 11.5 Å². The smallest absolute Gasteiger partial charge is 0.0202 e. The molecule has 2 rings (SSSR count). The van der Waals surface area contributed by atoms with Crippen molar-refractivity contribution in [2.45, 2.75) is 58.5 Å². The predicted molar refractivity (Wildman–Crippen MR) is 69.6 cm³/mol. The highest BCUT2D eigenvalue weighted by Crippen LogP contribution is 2.30. The minimum Gasteiger partial charge on any atom is -0.310 e. The number of likely N-dealkylation sites (N-methyl/N-ethyl adjacent to an activating group) is 1. The van der Waals surface area contributed by atoms with Gasteiger partial charge in [0.05, 0.1) is 0 Å². The SMILES string of the molecule is CN1CC(CC(C)(C)C)NC2CCCC2C1. The predicted octanol–water partition coefficient (Wildman–Crippen LogP) is 2.49. The van der Waals surface area contributed by atoms with E-state index in [4.69, 9.17) is 0 Å². The number of rotatable bonds is 1. The van der Waals surface area contributed by atoms with Crippen LogP contribution in [0.25, 0.3) is 0 Å². The van der Waals surface area contributed by atoms with Crippen LogP contribution < -0.4 is 5.32 Å². The molecule has 0 aromatic heterocycles. The molecule has 0 radical (unpaired) electrons. The first-order chi connectivity index (χ1) is 7.44. The number of nitrogens with one attached hydrogen (secondary N) is 1. The minimum atomic E-state index is 0.441. The van der Waals surface area contributed by atoms with Gasteiger partial charge in [0.25, 0.3) is 0 Å². The summed E-state index contributed by atoms with van der Waals surface area (Å²) in [6.45, 7) is 9.59. The van der Waals surface area contributed by atoms with Crippen molar-refractivity contribution in [1.82, 2.24) is 10.2 Å². The summed E-state index contributed by atoms with van der Waals surface area (Å²) in [7, 11) is 2.29. The summed E-state index contributed by atoms with van der Waals surface area (Å²) in [6, 6.07) is 1.50. The van der Waals surface area contributed by atoms with E-state index in [1.807, 2.05) is 0 Å². The second kappa shape index (κ2) is 4.66. The molecule has 3 atom stereocenters. The Morgan fingerprint density at radius 3 is 2.62 bits per heavy atom. The lowest BCUT2D eigenvalue weighted by molar-refractivity contribution is 0.251. The van der Waals surface area contributed by atoms with Crippen LogP contribution in [-0.4, -0.2) is 37.1 Å². The van der Waals surface area contributed by atoms with Gasteiger partial charge in [0.1, 0.15) is 0 Å². The first-order valence-electron chi connectivity index (χ1n) is 6.89. The maximum Gasteiger partial charge on any atom is 0.0202 e. The van der Waals surface area contributed by atoms with Gasteiger partial charge in [-0.3, -0.25) is 0 Å². The molecule has 1 saturated heterocycles. The molecule has 0 amide bonds. The van der Waals surface area contributed by atoms with E-state index in [1.54, 1.807) is 0 Å². The Morgan fingerprint density at radius 1 is 1.19 bits per heavy atom. The molecular formula is C14H28N2. The van der Waals surface area contributed by atoms with E-state index in [-0.39, 0.29) is 0 Å². The number of hydrogen-bond acceptors (Lipinski definition) is 2. The van der Waals surface area contributed by atoms with Crippen LogP contribution in [-0.2, 0) is 0 Å². The summed E-state index contributed by atoms with van der Waals surface area (Å²) in [5.41, 5.74) is 0.441. The van der Waals surface area contributed by atoms with Crippen molar-refractivity contribution in [3.63, 3.8) is 0 Å². The highest BCUT2D eigenvalue weighted by atomic mass is 15.2. The van der Waals surface area contributed by atoms with E-state index in [2.05, 4.69) is 38.0 Å². The molecule has 3 unspecified atom stereocenters. The van der Waals surface area contributed by atoms with Crippen LogP contribution in [0, 0.1) is 11.3 Å². The molecule has 2 aliphatic rings. The number of fused-ring (bicyclic) bond motifs is 1. The van der Waals surface area contributed by atoms with Crippen molar-refractivity contribution in [2.75, 3.05) is 20.1 Å². The molecule has 0 bridgehead atoms. The Bertz CT molecular complexity index is 231. The normalized spacial score (nSPS) is 37.1. The lowest BCUT2D eigenvalue weighted by atomic mass is 9.87. The van der Waals surface area contributed by atoms with Crippen molar-refractivity contribution >= 4 is 0 Å². The van der Waals surface area contributed by atoms with Gasteiger partial charge in [0, 0.05) is 25.2 Å². The minimum absolute atomic E-state index is 0.441. The third-order valence-electron chi connectivity index (χ3n) is 4.05. The van der Waals surface area contributed by atoms with Crippen molar-refractivity contribution in [3.8, 4) is 0 Å². The second-order valence-corrected chi connectivity index (χ2v) is 7.15. The molecule has 1 heterocycles. The van der Waals surface area contributed by atoms with Crippen molar-refractivity contribution in [1.29, 1.82) is 0 Å². The van der Waals surface area contributed by atoms with Gasteiger partial charge in [0.15, 0.2) is 0 Å². The summed E-state index contributed by atoms with van der Waals surface area (Å²) in [5, 5.41) is 3.92. The fourth-order valence-electron chi connectivity index (χ4n) is 3.54. The highest BCUT2D eigenvalue weighted by molar-refractivity contribution is 4.92. The van der Waals surface area contributed by atoms with Gasteiger partial charge in [0.2, 0.25) is 0 Å². The van der Waals surface area contributed by atoms with E-state index in [1.165, 1.54) is 38.8 Å². The maximum absolute atomic E-state index is 3.92. The third-order valence-corrected chi connectivity index (χ3v) is 4.05. The zero-order chi connectivity index (χ0) is 11.8. The van der Waals surface area contributed by atoms with Crippen molar-refractivity contribution in [2.24, 2.45) is 11.3 Å². The van der Waals surface area contributed by atoms with Gasteiger partial charge in [-0.25, -0.2) is 0 Å². The monoisotopic (exact) mass is 224 g/mol. The van der Waals surface area contributed by atoms with E-state index >= 15 is 0 Å². The molecule has 1 saturated carbocycles. The maximum atomic E-state index is 3.92. The van der Waals surface area contributed by atoms with Crippen LogP contribution in [0.15, 0.2) is 0 Å². The topological polar surface area (TPSA) is 15.3 Å². The summed E-state index contributed by atoms with van der Waals surface area (Å²) in [6.07, 6.45) is 5.56. The van der Waals surface area contributed by atoms with Crippen LogP contribution >= 0.6 is 0 Å². The lowest BCUT2D eigenvalue weighted by Crippen LogP contribution is -2.43. The average molecular weight is 224 g/mol. The summed E-state index contributed by atoms with van der Waals surface area (Å²) >= 11 is 0. The standard InChI is InChI=1S/C14H28N2/c1-14(2,3)8-12-10-16(4)9-11-6-5-7-13(11)15-12/h11-13,15H,5-10H2,1-4H3. The molecule has 2 nitrogen and oxygen atoms in total. The van der Waals surface area contributed by atoms with Crippen molar-refractivity contribution in [3.05, 3.63) is 0 Å². The van der Waals surface area contributed by atoms with E-state index < -0.39 is 0 Å². The first kappa shape index (κ1) is 12.4. The van der Waals surface area contributed by atoms with E-state index in [9.17, 15) is 0 Å². The molecule has 1 aliphatic carbocycles. The fraction of sp³-hybridized carbons (Fsp3) is 1.00. The van der Waals surface area contributed by atoms with Crippen molar-refractivity contribution < 1.29 is 0 Å². The zero-order valence-corrected chi connectivity index (χ0v) is 11.4. The van der Waals surface area contributed by atoms with E-state index in [0.717, 1.165) is 12.0 Å². The first-order valence-corrected chi connectivity index (χ1v) is 6.89. The summed E-state index contributed by atoms with van der Waals surface area (Å²) < 4.78 is 0. The van der Waals surface area contributed by atoms with Crippen LogP contribution in [0.1, 0.15) is 46.5 Å². The number of nitrogens with zero attached hydrogens (tertiary/aromatic N) is 1.